The second-order valence-corrected chi connectivity index (χ2v) is 7.66. The Bertz CT molecular complexity index is 901. The van der Waals surface area contributed by atoms with Crippen molar-refractivity contribution in [2.45, 2.75) is 44.4 Å². The van der Waals surface area contributed by atoms with E-state index in [1.807, 2.05) is 30.3 Å². The number of esters is 1. The molecule has 1 aromatic carbocycles. The minimum atomic E-state index is -5.08. The van der Waals surface area contributed by atoms with Gasteiger partial charge in [-0.1, -0.05) is 30.3 Å². The Morgan fingerprint density at radius 3 is 2.11 bits per heavy atom. The number of benzene rings is 1. The molecule has 0 radical (unpaired) electrons. The minimum absolute atomic E-state index is 0.0508. The number of likely N-dealkylation sites (N-methyl/N-ethyl adjacent to an activating group) is 1. The first kappa shape index (κ1) is 34.3. The quantitative estimate of drug-likeness (QED) is 0.166. The zero-order chi connectivity index (χ0) is 29.1. The van der Waals surface area contributed by atoms with Gasteiger partial charge in [0, 0.05) is 6.42 Å². The van der Waals surface area contributed by atoms with E-state index in [4.69, 9.17) is 20.4 Å². The molecule has 0 saturated heterocycles. The SMILES string of the molecule is CCOC(=O)CNC(=O)[C@H](CCCN)NC(=O)[C@H](Cc1ccccc1)NC(=O)CNC.O=C(O)C(F)(F)F. The lowest BCUT2D eigenvalue weighted by atomic mass is 10.0. The van der Waals surface area contributed by atoms with E-state index in [-0.39, 0.29) is 32.0 Å². The fraction of sp³-hybridized carbons (Fsp3) is 0.522. The van der Waals surface area contributed by atoms with Crippen LogP contribution < -0.4 is 27.0 Å². The molecule has 7 N–H and O–H groups in total. The molecule has 12 nitrogen and oxygen atoms in total. The van der Waals surface area contributed by atoms with Crippen LogP contribution in [0.1, 0.15) is 25.3 Å². The molecule has 0 aromatic heterocycles. The van der Waals surface area contributed by atoms with Crippen LogP contribution in [0.5, 0.6) is 0 Å². The normalized spacial score (nSPS) is 12.2. The molecule has 1 rings (SSSR count). The van der Waals surface area contributed by atoms with Gasteiger partial charge in [0.25, 0.3) is 0 Å². The fourth-order valence-corrected chi connectivity index (χ4v) is 2.82. The van der Waals surface area contributed by atoms with Gasteiger partial charge in [0.05, 0.1) is 13.2 Å². The number of ether oxygens (including phenoxy) is 1. The van der Waals surface area contributed by atoms with Crippen molar-refractivity contribution in [1.29, 1.82) is 0 Å². The third-order valence-corrected chi connectivity index (χ3v) is 4.56. The monoisotopic (exact) mass is 549 g/mol. The average Bonchev–Trinajstić information content (AvgIpc) is 2.85. The van der Waals surface area contributed by atoms with Gasteiger partial charge < -0.3 is 36.8 Å². The number of hydrogen-bond donors (Lipinski definition) is 6. The van der Waals surface area contributed by atoms with Crippen LogP contribution in [0.2, 0.25) is 0 Å². The third kappa shape index (κ3) is 15.4. The number of rotatable bonds is 14. The Labute approximate surface area is 217 Å². The molecule has 3 amide bonds. The molecule has 0 spiro atoms. The van der Waals surface area contributed by atoms with E-state index < -0.39 is 42.0 Å². The van der Waals surface area contributed by atoms with Crippen LogP contribution in [0.15, 0.2) is 30.3 Å². The topological polar surface area (TPSA) is 189 Å². The number of aliphatic carboxylic acids is 1. The number of carbonyl (C=O) groups excluding carboxylic acids is 4. The van der Waals surface area contributed by atoms with Gasteiger partial charge >= 0.3 is 18.1 Å². The van der Waals surface area contributed by atoms with E-state index in [2.05, 4.69) is 21.3 Å². The molecule has 1 aromatic rings. The first-order chi connectivity index (χ1) is 17.8. The van der Waals surface area contributed by atoms with Crippen molar-refractivity contribution in [3.8, 4) is 0 Å². The van der Waals surface area contributed by atoms with Gasteiger partial charge in [-0.15, -0.1) is 0 Å². The number of amides is 3. The second kappa shape index (κ2) is 18.5. The molecule has 214 valence electrons. The van der Waals surface area contributed by atoms with Crippen molar-refractivity contribution in [2.24, 2.45) is 5.73 Å². The number of carboxylic acid groups (broad SMARTS) is 1. The van der Waals surface area contributed by atoms with E-state index >= 15 is 0 Å². The van der Waals surface area contributed by atoms with Crippen LogP contribution >= 0.6 is 0 Å². The Morgan fingerprint density at radius 1 is 1.00 bits per heavy atom. The number of alkyl halides is 3. The van der Waals surface area contributed by atoms with E-state index in [1.54, 1.807) is 14.0 Å². The number of nitrogens with one attached hydrogen (secondary N) is 4. The summed E-state index contributed by atoms with van der Waals surface area (Å²) in [7, 11) is 1.63. The van der Waals surface area contributed by atoms with Crippen LogP contribution in [0.4, 0.5) is 13.2 Å². The summed E-state index contributed by atoms with van der Waals surface area (Å²) in [6.45, 7) is 1.96. The summed E-state index contributed by atoms with van der Waals surface area (Å²) in [4.78, 5) is 58.0. The largest absolute Gasteiger partial charge is 0.490 e. The molecule has 15 heteroatoms. The van der Waals surface area contributed by atoms with Gasteiger partial charge in [-0.3, -0.25) is 19.2 Å². The third-order valence-electron chi connectivity index (χ3n) is 4.56. The van der Waals surface area contributed by atoms with Crippen LogP contribution in [0.25, 0.3) is 0 Å². The zero-order valence-electron chi connectivity index (χ0n) is 21.1. The van der Waals surface area contributed by atoms with Crippen molar-refractivity contribution in [2.75, 3.05) is 33.3 Å². The maximum atomic E-state index is 13.0. The maximum absolute atomic E-state index is 13.0. The summed E-state index contributed by atoms with van der Waals surface area (Å²) >= 11 is 0. The number of nitrogens with two attached hydrogens (primary N) is 1. The molecule has 0 saturated carbocycles. The van der Waals surface area contributed by atoms with Crippen molar-refractivity contribution in [3.05, 3.63) is 35.9 Å². The van der Waals surface area contributed by atoms with Crippen LogP contribution in [-0.4, -0.2) is 86.3 Å². The summed E-state index contributed by atoms with van der Waals surface area (Å²) in [5, 5.41) is 17.7. The highest BCUT2D eigenvalue weighted by Gasteiger charge is 2.38. The Balaban J connectivity index is 0.00000171. The highest BCUT2D eigenvalue weighted by Crippen LogP contribution is 2.13. The molecule has 0 aliphatic carbocycles. The Hall–Kier alpha value is -3.72. The van der Waals surface area contributed by atoms with E-state index in [0.717, 1.165) is 5.56 Å². The number of carboxylic acids is 1. The van der Waals surface area contributed by atoms with Gasteiger partial charge in [0.1, 0.15) is 18.6 Å². The van der Waals surface area contributed by atoms with E-state index in [1.165, 1.54) is 0 Å². The van der Waals surface area contributed by atoms with Crippen molar-refractivity contribution >= 4 is 29.7 Å². The lowest BCUT2D eigenvalue weighted by molar-refractivity contribution is -0.192. The summed E-state index contributed by atoms with van der Waals surface area (Å²) in [5.41, 5.74) is 6.41. The summed E-state index contributed by atoms with van der Waals surface area (Å²) < 4.78 is 36.5. The lowest BCUT2D eigenvalue weighted by Crippen LogP contribution is -2.55. The Kier molecular flexibility index (Phi) is 16.7. The lowest BCUT2D eigenvalue weighted by Gasteiger charge is -2.23. The minimum Gasteiger partial charge on any atom is -0.475 e. The summed E-state index contributed by atoms with van der Waals surface area (Å²) in [6, 6.07) is 7.46. The highest BCUT2D eigenvalue weighted by molar-refractivity contribution is 5.93. The van der Waals surface area contributed by atoms with Gasteiger partial charge in [0.2, 0.25) is 17.7 Å². The van der Waals surface area contributed by atoms with Crippen molar-refractivity contribution in [1.82, 2.24) is 21.3 Å². The van der Waals surface area contributed by atoms with Crippen molar-refractivity contribution < 1.29 is 47.0 Å². The summed E-state index contributed by atoms with van der Waals surface area (Å²) in [5.74, 6) is -4.69. The molecule has 0 aliphatic heterocycles. The molecule has 0 heterocycles. The van der Waals surface area contributed by atoms with Gasteiger partial charge in [-0.2, -0.15) is 13.2 Å². The molecule has 0 aliphatic rings. The number of hydrogen-bond acceptors (Lipinski definition) is 8. The van der Waals surface area contributed by atoms with E-state index in [9.17, 15) is 32.3 Å². The molecule has 0 fully saturated rings. The second-order valence-electron chi connectivity index (χ2n) is 7.66. The number of carbonyl (C=O) groups is 5. The average molecular weight is 550 g/mol. The predicted molar refractivity (Wildman–Crippen MR) is 130 cm³/mol. The van der Waals surface area contributed by atoms with Crippen molar-refractivity contribution in [3.63, 3.8) is 0 Å². The van der Waals surface area contributed by atoms with Gasteiger partial charge in [-0.25, -0.2) is 4.79 Å². The van der Waals surface area contributed by atoms with Gasteiger partial charge in [0.15, 0.2) is 0 Å². The molecule has 2 atom stereocenters. The standard InChI is InChI=1S/C21H33N5O5.C2HF3O2/c1-3-31-19(28)14-24-20(29)16(10-7-11-22)26-21(30)17(25-18(27)13-23-2)12-15-8-5-4-6-9-15;3-2(4,5)1(6)7/h4-6,8-9,16-17,23H,3,7,10-14,22H2,1-2H3,(H,24,29)(H,25,27)(H,26,30);(H,6,7)/t16-,17-;/m0./s1. The zero-order valence-corrected chi connectivity index (χ0v) is 21.1. The molecule has 0 unspecified atom stereocenters. The maximum Gasteiger partial charge on any atom is 0.490 e. The Morgan fingerprint density at radius 2 is 1.61 bits per heavy atom. The summed E-state index contributed by atoms with van der Waals surface area (Å²) in [6.07, 6.45) is -4.04. The molecular formula is C23H34F3N5O7. The fourth-order valence-electron chi connectivity index (χ4n) is 2.82. The predicted octanol–water partition coefficient (Wildman–Crippen LogP) is -0.530. The first-order valence-electron chi connectivity index (χ1n) is 11.6. The molecule has 0 bridgehead atoms. The van der Waals surface area contributed by atoms with E-state index in [0.29, 0.717) is 19.4 Å². The van der Waals surface area contributed by atoms with Gasteiger partial charge in [-0.05, 0) is 38.9 Å². The van der Waals surface area contributed by atoms with Crippen LogP contribution in [-0.2, 0) is 35.1 Å². The molecular weight excluding hydrogens is 515 g/mol. The number of halogens is 3. The van der Waals surface area contributed by atoms with Crippen LogP contribution in [0.3, 0.4) is 0 Å². The highest BCUT2D eigenvalue weighted by atomic mass is 19.4. The first-order valence-corrected chi connectivity index (χ1v) is 11.6. The van der Waals surface area contributed by atoms with Crippen LogP contribution in [0, 0.1) is 0 Å². The smallest absolute Gasteiger partial charge is 0.475 e. The molecule has 38 heavy (non-hydrogen) atoms.